The lowest BCUT2D eigenvalue weighted by Gasteiger charge is -2.34. The maximum Gasteiger partial charge on any atom is 0.331 e. The fourth-order valence-corrected chi connectivity index (χ4v) is 3.90. The van der Waals surface area contributed by atoms with E-state index in [1.54, 1.807) is 24.9 Å². The number of carbonyl (C=O) groups is 2. The maximum atomic E-state index is 12.7. The van der Waals surface area contributed by atoms with Crippen LogP contribution in [0.15, 0.2) is 24.3 Å². The van der Waals surface area contributed by atoms with E-state index in [4.69, 9.17) is 16.3 Å². The molecule has 1 aromatic rings. The first-order valence-corrected chi connectivity index (χ1v) is 9.58. The molecule has 0 spiro atoms. The van der Waals surface area contributed by atoms with Crippen LogP contribution < -0.4 is 5.32 Å². The van der Waals surface area contributed by atoms with Crippen molar-refractivity contribution in [2.45, 2.75) is 57.5 Å². The Morgan fingerprint density at radius 1 is 1.31 bits per heavy atom. The first-order valence-electron chi connectivity index (χ1n) is 9.20. The number of benzene rings is 1. The van der Waals surface area contributed by atoms with Crippen molar-refractivity contribution in [2.24, 2.45) is 5.92 Å². The Bertz CT molecular complexity index is 631. The third kappa shape index (κ3) is 5.63. The van der Waals surface area contributed by atoms with E-state index in [0.717, 1.165) is 18.4 Å². The number of rotatable bonds is 6. The number of carbonyl (C=O) groups excluding carboxylic acids is 2. The summed E-state index contributed by atoms with van der Waals surface area (Å²) in [6, 6.07) is 7.09. The molecule has 2 rings (SSSR count). The van der Waals surface area contributed by atoms with Gasteiger partial charge in [0.05, 0.1) is 7.11 Å². The molecule has 0 bridgehead atoms. The molecule has 1 fully saturated rings. The van der Waals surface area contributed by atoms with Gasteiger partial charge in [0.25, 0.3) is 0 Å². The van der Waals surface area contributed by atoms with Crippen LogP contribution in [0.5, 0.6) is 0 Å². The predicted molar refractivity (Wildman–Crippen MR) is 103 cm³/mol. The van der Waals surface area contributed by atoms with Crippen molar-refractivity contribution in [1.29, 1.82) is 0 Å². The number of hydrogen-bond acceptors (Lipinski definition) is 3. The zero-order chi connectivity index (χ0) is 19.2. The van der Waals surface area contributed by atoms with Gasteiger partial charge in [-0.15, -0.1) is 0 Å². The summed E-state index contributed by atoms with van der Waals surface area (Å²) in [5.41, 5.74) is -0.0848. The first-order chi connectivity index (χ1) is 12.3. The summed E-state index contributed by atoms with van der Waals surface area (Å²) in [4.78, 5) is 26.6. The van der Waals surface area contributed by atoms with Crippen LogP contribution >= 0.6 is 11.6 Å². The molecule has 1 aliphatic rings. The second-order valence-electron chi connectivity index (χ2n) is 7.45. The van der Waals surface area contributed by atoms with E-state index in [0.29, 0.717) is 23.9 Å². The molecule has 0 aliphatic heterocycles. The van der Waals surface area contributed by atoms with Crippen LogP contribution in [0, 0.1) is 5.92 Å². The number of ether oxygens (including phenoxy) is 1. The molecule has 0 aromatic heterocycles. The standard InChI is InChI=1S/C20H29ClN2O3/c1-20(18(24)26-3,13-15-8-5-4-6-9-15)22-19(25)23(2)14-16-10-7-11-17(21)12-16/h7,10-12,15H,4-6,8-9,13-14H2,1-3H3,(H,22,25). The quantitative estimate of drug-likeness (QED) is 0.745. The number of amides is 2. The van der Waals surface area contributed by atoms with Crippen molar-refractivity contribution in [1.82, 2.24) is 10.2 Å². The summed E-state index contributed by atoms with van der Waals surface area (Å²) >= 11 is 6.00. The summed E-state index contributed by atoms with van der Waals surface area (Å²) < 4.78 is 4.98. The smallest absolute Gasteiger partial charge is 0.331 e. The Labute approximate surface area is 161 Å². The highest BCUT2D eigenvalue weighted by molar-refractivity contribution is 6.30. The van der Waals surface area contributed by atoms with Crippen molar-refractivity contribution >= 4 is 23.6 Å². The Hall–Kier alpha value is -1.75. The van der Waals surface area contributed by atoms with Gasteiger partial charge in [-0.1, -0.05) is 55.8 Å². The number of halogens is 1. The summed E-state index contributed by atoms with van der Waals surface area (Å²) in [5, 5.41) is 3.54. The lowest BCUT2D eigenvalue weighted by atomic mass is 9.80. The molecule has 1 aliphatic carbocycles. The average Bonchev–Trinajstić information content (AvgIpc) is 2.61. The molecule has 1 atom stereocenters. The summed E-state index contributed by atoms with van der Waals surface area (Å²) in [6.07, 6.45) is 6.42. The molecule has 1 N–H and O–H groups in total. The van der Waals surface area contributed by atoms with E-state index < -0.39 is 11.5 Å². The van der Waals surface area contributed by atoms with E-state index in [1.165, 1.54) is 26.4 Å². The van der Waals surface area contributed by atoms with Crippen molar-refractivity contribution < 1.29 is 14.3 Å². The van der Waals surface area contributed by atoms with Crippen molar-refractivity contribution in [2.75, 3.05) is 14.2 Å². The summed E-state index contributed by atoms with van der Waals surface area (Å²) in [7, 11) is 3.07. The van der Waals surface area contributed by atoms with Gasteiger partial charge in [-0.05, 0) is 37.0 Å². The van der Waals surface area contributed by atoms with Gasteiger partial charge >= 0.3 is 12.0 Å². The molecule has 0 radical (unpaired) electrons. The van der Waals surface area contributed by atoms with Crippen LogP contribution in [0.2, 0.25) is 5.02 Å². The van der Waals surface area contributed by atoms with Crippen LogP contribution in [0.25, 0.3) is 0 Å². The number of nitrogens with zero attached hydrogens (tertiary/aromatic N) is 1. The highest BCUT2D eigenvalue weighted by Crippen LogP contribution is 2.31. The zero-order valence-corrected chi connectivity index (χ0v) is 16.6. The molecular weight excluding hydrogens is 352 g/mol. The molecule has 6 heteroatoms. The fraction of sp³-hybridized carbons (Fsp3) is 0.600. The first kappa shape index (κ1) is 20.6. The maximum absolute atomic E-state index is 12.7. The SMILES string of the molecule is COC(=O)C(C)(CC1CCCCC1)NC(=O)N(C)Cc1cccc(Cl)c1. The van der Waals surface area contributed by atoms with E-state index in [9.17, 15) is 9.59 Å². The largest absolute Gasteiger partial charge is 0.467 e. The highest BCUT2D eigenvalue weighted by Gasteiger charge is 2.39. The van der Waals surface area contributed by atoms with E-state index in [1.807, 2.05) is 18.2 Å². The van der Waals surface area contributed by atoms with Crippen LogP contribution in [0.1, 0.15) is 51.0 Å². The molecule has 144 valence electrons. The molecular formula is C20H29ClN2O3. The molecule has 0 saturated heterocycles. The molecule has 1 unspecified atom stereocenters. The van der Waals surface area contributed by atoms with Gasteiger partial charge in [0, 0.05) is 18.6 Å². The molecule has 26 heavy (non-hydrogen) atoms. The van der Waals surface area contributed by atoms with Crippen LogP contribution in [0.4, 0.5) is 4.79 Å². The van der Waals surface area contributed by atoms with Gasteiger partial charge in [0.15, 0.2) is 0 Å². The Morgan fingerprint density at radius 3 is 2.62 bits per heavy atom. The second kappa shape index (κ2) is 9.26. The molecule has 1 saturated carbocycles. The lowest BCUT2D eigenvalue weighted by Crippen LogP contribution is -2.56. The normalized spacial score (nSPS) is 17.2. The van der Waals surface area contributed by atoms with Crippen molar-refractivity contribution in [3.63, 3.8) is 0 Å². The number of methoxy groups -OCH3 is 1. The molecule has 5 nitrogen and oxygen atoms in total. The van der Waals surface area contributed by atoms with Crippen molar-refractivity contribution in [3.05, 3.63) is 34.9 Å². The highest BCUT2D eigenvalue weighted by atomic mass is 35.5. The van der Waals surface area contributed by atoms with Gasteiger partial charge in [0.1, 0.15) is 5.54 Å². The predicted octanol–water partition coefficient (Wildman–Crippen LogP) is 4.38. The molecule has 0 heterocycles. The zero-order valence-electron chi connectivity index (χ0n) is 15.9. The van der Waals surface area contributed by atoms with Crippen LogP contribution in [-0.2, 0) is 16.1 Å². The Kier molecular flexibility index (Phi) is 7.33. The third-order valence-electron chi connectivity index (χ3n) is 5.10. The Balaban J connectivity index is 2.03. The minimum atomic E-state index is -1.02. The van der Waals surface area contributed by atoms with Gasteiger partial charge in [-0.25, -0.2) is 9.59 Å². The van der Waals surface area contributed by atoms with E-state index >= 15 is 0 Å². The third-order valence-corrected chi connectivity index (χ3v) is 5.33. The summed E-state index contributed by atoms with van der Waals surface area (Å²) in [5.74, 6) is 0.0407. The second-order valence-corrected chi connectivity index (χ2v) is 7.88. The topological polar surface area (TPSA) is 58.6 Å². The average molecular weight is 381 g/mol. The van der Waals surface area contributed by atoms with Gasteiger partial charge in [-0.3, -0.25) is 0 Å². The van der Waals surface area contributed by atoms with Crippen molar-refractivity contribution in [3.8, 4) is 0 Å². The van der Waals surface area contributed by atoms with Gasteiger partial charge in [0.2, 0.25) is 0 Å². The number of urea groups is 1. The van der Waals surface area contributed by atoms with E-state index in [2.05, 4.69) is 5.32 Å². The number of hydrogen-bond donors (Lipinski definition) is 1. The van der Waals surface area contributed by atoms with Gasteiger partial charge in [-0.2, -0.15) is 0 Å². The fourth-order valence-electron chi connectivity index (χ4n) is 3.69. The minimum Gasteiger partial charge on any atom is -0.467 e. The Morgan fingerprint density at radius 2 is 2.00 bits per heavy atom. The van der Waals surface area contributed by atoms with E-state index in [-0.39, 0.29) is 6.03 Å². The molecule has 1 aromatic carbocycles. The lowest BCUT2D eigenvalue weighted by molar-refractivity contribution is -0.148. The van der Waals surface area contributed by atoms with Gasteiger partial charge < -0.3 is 15.0 Å². The molecule has 2 amide bonds. The van der Waals surface area contributed by atoms with Crippen LogP contribution in [0.3, 0.4) is 0 Å². The minimum absolute atomic E-state index is 0.298. The summed E-state index contributed by atoms with van der Waals surface area (Å²) in [6.45, 7) is 2.17. The monoisotopic (exact) mass is 380 g/mol. The number of nitrogens with one attached hydrogen (secondary N) is 1. The number of esters is 1. The van der Waals surface area contributed by atoms with Crippen LogP contribution in [-0.4, -0.2) is 36.6 Å².